The van der Waals surface area contributed by atoms with Crippen molar-refractivity contribution in [2.45, 2.75) is 6.92 Å². The summed E-state index contributed by atoms with van der Waals surface area (Å²) in [6, 6.07) is 0. The number of aliphatic hydroxyl groups excluding tert-OH is 1. The van der Waals surface area contributed by atoms with Crippen molar-refractivity contribution in [1.29, 1.82) is 0 Å². The van der Waals surface area contributed by atoms with Crippen LogP contribution < -0.4 is 0 Å². The van der Waals surface area contributed by atoms with Gasteiger partial charge in [0.2, 0.25) is 0 Å². The van der Waals surface area contributed by atoms with Gasteiger partial charge in [0.05, 0.1) is 0 Å². The Morgan fingerprint density at radius 2 is 2.33 bits per heavy atom. The molecular formula is C6H13NOS. The zero-order valence-electron chi connectivity index (χ0n) is 5.71. The molecule has 0 atom stereocenters. The molecule has 1 rings (SSSR count). The second-order valence-electron chi connectivity index (χ2n) is 2.31. The number of hydrogen-bond acceptors (Lipinski definition) is 3. The first-order valence-electron chi connectivity index (χ1n) is 3.35. The molecule has 9 heavy (non-hydrogen) atoms. The van der Waals surface area contributed by atoms with Gasteiger partial charge < -0.3 is 5.11 Å². The van der Waals surface area contributed by atoms with Crippen LogP contribution in [0, 0.1) is 5.92 Å². The number of hydrogen-bond donors (Lipinski definition) is 1. The summed E-state index contributed by atoms with van der Waals surface area (Å²) >= 11 is 1.86. The molecule has 1 aliphatic heterocycles. The van der Waals surface area contributed by atoms with Crippen LogP contribution in [0.3, 0.4) is 0 Å². The van der Waals surface area contributed by atoms with E-state index in [-0.39, 0.29) is 0 Å². The predicted octanol–water partition coefficient (Wildman–Crippen LogP) is 0.579. The maximum atomic E-state index is 8.64. The molecule has 0 aromatic heterocycles. The predicted molar refractivity (Wildman–Crippen MR) is 40.3 cm³/mol. The van der Waals surface area contributed by atoms with Crippen molar-refractivity contribution in [3.63, 3.8) is 0 Å². The lowest BCUT2D eigenvalue weighted by Crippen LogP contribution is -2.43. The first kappa shape index (κ1) is 7.38. The maximum Gasteiger partial charge on any atom is 0.0484 e. The van der Waals surface area contributed by atoms with E-state index in [1.807, 2.05) is 11.9 Å². The van der Waals surface area contributed by atoms with Crippen molar-refractivity contribution in [3.05, 3.63) is 0 Å². The second kappa shape index (κ2) is 3.44. The molecule has 0 aliphatic carbocycles. The largest absolute Gasteiger partial charge is 0.396 e. The molecule has 0 spiro atoms. The molecule has 0 aromatic carbocycles. The van der Waals surface area contributed by atoms with E-state index in [2.05, 4.69) is 11.2 Å². The number of rotatable bonds is 3. The minimum Gasteiger partial charge on any atom is -0.396 e. The molecule has 0 bridgehead atoms. The fourth-order valence-electron chi connectivity index (χ4n) is 0.926. The van der Waals surface area contributed by atoms with Crippen LogP contribution in [0.1, 0.15) is 6.92 Å². The van der Waals surface area contributed by atoms with E-state index in [1.54, 1.807) is 0 Å². The molecule has 1 aliphatic rings. The summed E-state index contributed by atoms with van der Waals surface area (Å²) in [6.45, 7) is 4.67. The summed E-state index contributed by atoms with van der Waals surface area (Å²) in [5.74, 6) is 1.71. The van der Waals surface area contributed by atoms with Crippen molar-refractivity contribution in [1.82, 2.24) is 4.31 Å². The molecule has 54 valence electrons. The summed E-state index contributed by atoms with van der Waals surface area (Å²) in [6.07, 6.45) is 0. The van der Waals surface area contributed by atoms with Gasteiger partial charge in [-0.1, -0.05) is 18.9 Å². The van der Waals surface area contributed by atoms with Crippen LogP contribution in [0.5, 0.6) is 0 Å². The third kappa shape index (κ3) is 1.85. The third-order valence-electron chi connectivity index (χ3n) is 1.49. The summed E-state index contributed by atoms with van der Waals surface area (Å²) in [7, 11) is 0. The Hall–Kier alpha value is 0.270. The fourth-order valence-corrected chi connectivity index (χ4v) is 1.92. The molecule has 0 saturated carbocycles. The highest BCUT2D eigenvalue weighted by Gasteiger charge is 2.25. The Labute approximate surface area is 60.4 Å². The van der Waals surface area contributed by atoms with Gasteiger partial charge in [0, 0.05) is 31.4 Å². The van der Waals surface area contributed by atoms with E-state index in [0.29, 0.717) is 12.5 Å². The quantitative estimate of drug-likeness (QED) is 0.591. The van der Waals surface area contributed by atoms with E-state index in [1.165, 1.54) is 0 Å². The zero-order valence-corrected chi connectivity index (χ0v) is 6.52. The fraction of sp³-hybridized carbons (Fsp3) is 1.00. The molecular weight excluding hydrogens is 134 g/mol. The highest BCUT2D eigenvalue weighted by Crippen LogP contribution is 2.22. The minimum atomic E-state index is 0.362. The number of aliphatic hydroxyl groups is 1. The normalized spacial score (nSPS) is 22.0. The third-order valence-corrected chi connectivity index (χ3v) is 2.42. The highest BCUT2D eigenvalue weighted by atomic mass is 32.2. The van der Waals surface area contributed by atoms with Gasteiger partial charge >= 0.3 is 0 Å². The molecule has 0 amide bonds. The maximum absolute atomic E-state index is 8.64. The van der Waals surface area contributed by atoms with E-state index in [9.17, 15) is 0 Å². The van der Waals surface area contributed by atoms with Crippen LogP contribution in [0.15, 0.2) is 0 Å². The first-order valence-corrected chi connectivity index (χ1v) is 4.29. The van der Waals surface area contributed by atoms with Gasteiger partial charge in [-0.15, -0.1) is 0 Å². The summed E-state index contributed by atoms with van der Waals surface area (Å²) in [5.41, 5.74) is 0. The van der Waals surface area contributed by atoms with Crippen LogP contribution in [0.25, 0.3) is 0 Å². The zero-order chi connectivity index (χ0) is 6.69. The van der Waals surface area contributed by atoms with Crippen LogP contribution in [0.2, 0.25) is 0 Å². The lowest BCUT2D eigenvalue weighted by molar-refractivity contribution is 0.125. The standard InChI is InChI=1S/C6H13NOS/c1-2-9-7-3-6(4-7)5-8/h6,8H,2-5H2,1H3. The van der Waals surface area contributed by atoms with Crippen molar-refractivity contribution < 1.29 is 5.11 Å². The van der Waals surface area contributed by atoms with Gasteiger partial charge in [-0.2, -0.15) is 0 Å². The monoisotopic (exact) mass is 147 g/mol. The minimum absolute atomic E-state index is 0.362. The number of nitrogens with zero attached hydrogens (tertiary/aromatic N) is 1. The molecule has 1 fully saturated rings. The molecule has 3 heteroatoms. The molecule has 0 radical (unpaired) electrons. The van der Waals surface area contributed by atoms with Crippen molar-refractivity contribution in [3.8, 4) is 0 Å². The van der Waals surface area contributed by atoms with Crippen LogP contribution in [-0.4, -0.2) is 34.9 Å². The highest BCUT2D eigenvalue weighted by molar-refractivity contribution is 7.97. The van der Waals surface area contributed by atoms with E-state index < -0.39 is 0 Å². The average molecular weight is 147 g/mol. The summed E-state index contributed by atoms with van der Waals surface area (Å²) in [4.78, 5) is 0. The lowest BCUT2D eigenvalue weighted by atomic mass is 10.1. The van der Waals surface area contributed by atoms with Crippen molar-refractivity contribution in [2.24, 2.45) is 5.92 Å². The molecule has 1 N–H and O–H groups in total. The van der Waals surface area contributed by atoms with Gasteiger partial charge in [0.1, 0.15) is 0 Å². The summed E-state index contributed by atoms with van der Waals surface area (Å²) in [5, 5.41) is 8.64. The van der Waals surface area contributed by atoms with E-state index in [0.717, 1.165) is 18.8 Å². The molecule has 2 nitrogen and oxygen atoms in total. The van der Waals surface area contributed by atoms with Crippen LogP contribution in [0.4, 0.5) is 0 Å². The van der Waals surface area contributed by atoms with Gasteiger partial charge in [0.25, 0.3) is 0 Å². The van der Waals surface area contributed by atoms with Gasteiger partial charge in [0.15, 0.2) is 0 Å². The van der Waals surface area contributed by atoms with Crippen molar-refractivity contribution >= 4 is 11.9 Å². The van der Waals surface area contributed by atoms with E-state index >= 15 is 0 Å². The van der Waals surface area contributed by atoms with Crippen LogP contribution in [-0.2, 0) is 0 Å². The second-order valence-corrected chi connectivity index (χ2v) is 3.67. The van der Waals surface area contributed by atoms with Gasteiger partial charge in [-0.05, 0) is 0 Å². The molecule has 0 aromatic rings. The van der Waals surface area contributed by atoms with E-state index in [4.69, 9.17) is 5.11 Å². The Bertz CT molecular complexity index is 83.1. The average Bonchev–Trinajstić information content (AvgIpc) is 1.77. The Kier molecular flexibility index (Phi) is 2.82. The molecule has 1 heterocycles. The smallest absolute Gasteiger partial charge is 0.0484 e. The van der Waals surface area contributed by atoms with Crippen molar-refractivity contribution in [2.75, 3.05) is 25.4 Å². The lowest BCUT2D eigenvalue weighted by Gasteiger charge is -2.36. The van der Waals surface area contributed by atoms with Gasteiger partial charge in [-0.25, -0.2) is 4.31 Å². The SMILES string of the molecule is CCSN1CC(CO)C1. The Morgan fingerprint density at radius 1 is 1.67 bits per heavy atom. The summed E-state index contributed by atoms with van der Waals surface area (Å²) < 4.78 is 2.29. The first-order chi connectivity index (χ1) is 4.36. The van der Waals surface area contributed by atoms with Crippen LogP contribution >= 0.6 is 11.9 Å². The molecule has 0 unspecified atom stereocenters. The van der Waals surface area contributed by atoms with Gasteiger partial charge in [-0.3, -0.25) is 0 Å². The topological polar surface area (TPSA) is 23.5 Å². The Balaban J connectivity index is 1.98. The molecule has 1 saturated heterocycles. The Morgan fingerprint density at radius 3 is 2.78 bits per heavy atom.